The zero-order chi connectivity index (χ0) is 26.9. The van der Waals surface area contributed by atoms with E-state index in [2.05, 4.69) is 25.7 Å². The quantitative estimate of drug-likeness (QED) is 0.125. The van der Waals surface area contributed by atoms with E-state index in [4.69, 9.17) is 5.26 Å². The van der Waals surface area contributed by atoms with Crippen molar-refractivity contribution in [3.8, 4) is 6.07 Å². The van der Waals surface area contributed by atoms with Gasteiger partial charge in [-0.1, -0.05) is 25.2 Å². The molecule has 0 atom stereocenters. The molecule has 0 amide bonds. The largest absolute Gasteiger partial charge is 4.00 e. The van der Waals surface area contributed by atoms with Gasteiger partial charge in [0.1, 0.15) is 0 Å². The zero-order valence-corrected chi connectivity index (χ0v) is 18.6. The second-order valence-electron chi connectivity index (χ2n) is 3.95. The van der Waals surface area contributed by atoms with Crippen molar-refractivity contribution >= 4 is 29.0 Å². The molecule has 0 aromatic rings. The number of unbranched alkanes of at least 4 members (excludes halogenated alkanes) is 1. The summed E-state index contributed by atoms with van der Waals surface area (Å²) in [6, 6.07) is 1.75. The molecule has 0 N–H and O–H groups in total. The number of allylic oxidation sites excluding steroid dienone is 3. The van der Waals surface area contributed by atoms with Crippen molar-refractivity contribution in [1.29, 1.82) is 5.26 Å². The van der Waals surface area contributed by atoms with E-state index in [1.165, 1.54) is 6.92 Å². The minimum atomic E-state index is -6.00. The SMILES string of the molecule is C=CCCC=CCC.CC#N.F[B-](F)(F)F.F[B-](F)(F)F.F[B-](F)(F)F.F[B-](F)(F)F.[Ir+4]. The van der Waals surface area contributed by atoms with Gasteiger partial charge in [-0.2, -0.15) is 5.26 Å². The van der Waals surface area contributed by atoms with E-state index in [1.807, 2.05) is 6.08 Å². The second kappa shape index (κ2) is 27.8. The molecular formula is C10H17B4F16IrN. The van der Waals surface area contributed by atoms with Crippen LogP contribution in [-0.2, 0) is 20.1 Å². The molecular weight excluding hydrogens is 674 g/mol. The molecule has 0 aromatic carbocycles. The van der Waals surface area contributed by atoms with E-state index < -0.39 is 29.0 Å². The molecule has 0 aromatic heterocycles. The fourth-order valence-corrected chi connectivity index (χ4v) is 0.499. The maximum atomic E-state index is 9.75. The molecule has 0 spiro atoms. The van der Waals surface area contributed by atoms with Gasteiger partial charge in [0, 0.05) is 6.92 Å². The summed E-state index contributed by atoms with van der Waals surface area (Å²) in [7, 11) is -24.0. The second-order valence-corrected chi connectivity index (χ2v) is 3.95. The molecule has 0 fully saturated rings. The van der Waals surface area contributed by atoms with Crippen LogP contribution in [0.15, 0.2) is 24.8 Å². The third-order valence-corrected chi connectivity index (χ3v) is 0.940. The third-order valence-electron chi connectivity index (χ3n) is 0.940. The van der Waals surface area contributed by atoms with Gasteiger partial charge in [0.05, 0.1) is 6.07 Å². The molecule has 0 bridgehead atoms. The summed E-state index contributed by atoms with van der Waals surface area (Å²) < 4.78 is 156. The molecule has 195 valence electrons. The summed E-state index contributed by atoms with van der Waals surface area (Å²) in [4.78, 5) is 0. The minimum Gasteiger partial charge on any atom is -0.418 e. The fraction of sp³-hybridized carbons (Fsp3) is 0.500. The Morgan fingerprint density at radius 2 is 0.812 bits per heavy atom. The molecule has 0 unspecified atom stereocenters. The van der Waals surface area contributed by atoms with Gasteiger partial charge >= 0.3 is 49.1 Å². The Balaban J connectivity index is -0.0000000477. The van der Waals surface area contributed by atoms with Gasteiger partial charge in [0.2, 0.25) is 0 Å². The summed E-state index contributed by atoms with van der Waals surface area (Å²) in [5.74, 6) is 0. The fourth-order valence-electron chi connectivity index (χ4n) is 0.499. The number of nitriles is 1. The molecule has 0 aliphatic rings. The summed E-state index contributed by atoms with van der Waals surface area (Å²) >= 11 is 0. The number of hydrogen-bond acceptors (Lipinski definition) is 1. The number of rotatable bonds is 4. The van der Waals surface area contributed by atoms with Crippen molar-refractivity contribution in [2.75, 3.05) is 0 Å². The van der Waals surface area contributed by atoms with Gasteiger partial charge < -0.3 is 69.1 Å². The van der Waals surface area contributed by atoms with Crippen molar-refractivity contribution in [3.63, 3.8) is 0 Å². The van der Waals surface area contributed by atoms with Crippen LogP contribution >= 0.6 is 0 Å². The van der Waals surface area contributed by atoms with E-state index in [9.17, 15) is 69.1 Å². The van der Waals surface area contributed by atoms with E-state index in [0.29, 0.717) is 0 Å². The van der Waals surface area contributed by atoms with Gasteiger partial charge in [0.15, 0.2) is 0 Å². The molecule has 22 heteroatoms. The number of nitrogens with zero attached hydrogens (tertiary/aromatic N) is 1. The van der Waals surface area contributed by atoms with Gasteiger partial charge in [-0.3, -0.25) is 0 Å². The van der Waals surface area contributed by atoms with Crippen molar-refractivity contribution in [2.24, 2.45) is 0 Å². The average molecular weight is 691 g/mol. The van der Waals surface area contributed by atoms with Crippen LogP contribution in [0.2, 0.25) is 0 Å². The minimum absolute atomic E-state index is 0. The average Bonchev–Trinajstić information content (AvgIpc) is 2.37. The molecule has 1 nitrogen and oxygen atoms in total. The Kier molecular flexibility index (Phi) is 41.9. The first kappa shape index (κ1) is 48.3. The molecule has 0 heterocycles. The van der Waals surface area contributed by atoms with Crippen LogP contribution in [-0.4, -0.2) is 29.0 Å². The first-order valence-corrected chi connectivity index (χ1v) is 7.39. The van der Waals surface area contributed by atoms with Crippen molar-refractivity contribution < 1.29 is 89.2 Å². The first-order valence-electron chi connectivity index (χ1n) is 7.39. The van der Waals surface area contributed by atoms with Crippen LogP contribution in [0.4, 0.5) is 69.1 Å². The number of hydrogen-bond donors (Lipinski definition) is 0. The number of halogens is 16. The molecule has 0 aliphatic heterocycles. The predicted molar refractivity (Wildman–Crippen MR) is 90.9 cm³/mol. The standard InChI is InChI=1S/C8H14.C2H3N.4BF4.Ir/c1-3-5-7-8-6-4-2;1-2-3;4*2-1(3,4)5;/h3,6,8H,1,4-5,7H2,2H3;1H3;;;;;/q;;4*-1;+4. The Morgan fingerprint density at radius 1 is 0.625 bits per heavy atom. The summed E-state index contributed by atoms with van der Waals surface area (Å²) in [5, 5.41) is 7.32. The van der Waals surface area contributed by atoms with Gasteiger partial charge in [0.25, 0.3) is 0 Å². The third kappa shape index (κ3) is 1570. The maximum absolute atomic E-state index is 9.75. The Labute approximate surface area is 188 Å². The summed E-state index contributed by atoms with van der Waals surface area (Å²) in [5.41, 5.74) is 0. The van der Waals surface area contributed by atoms with E-state index in [1.54, 1.807) is 6.07 Å². The predicted octanol–water partition coefficient (Wildman–Crippen LogP) is 8.65. The zero-order valence-electron chi connectivity index (χ0n) is 16.2. The summed E-state index contributed by atoms with van der Waals surface area (Å²) in [6.07, 6.45) is 9.73. The normalized spacial score (nSPS) is 10.3. The van der Waals surface area contributed by atoms with Crippen LogP contribution in [0.1, 0.15) is 33.1 Å². The molecule has 0 saturated heterocycles. The Morgan fingerprint density at radius 3 is 0.938 bits per heavy atom. The Hall–Kier alpha value is -1.24. The van der Waals surface area contributed by atoms with E-state index in [0.717, 1.165) is 19.3 Å². The monoisotopic (exact) mass is 692 g/mol. The molecule has 0 aliphatic carbocycles. The van der Waals surface area contributed by atoms with E-state index in [-0.39, 0.29) is 20.1 Å². The van der Waals surface area contributed by atoms with Crippen LogP contribution in [0, 0.1) is 11.3 Å². The van der Waals surface area contributed by atoms with Gasteiger partial charge in [-0.15, -0.1) is 6.58 Å². The van der Waals surface area contributed by atoms with Crippen LogP contribution in [0.25, 0.3) is 0 Å². The van der Waals surface area contributed by atoms with Gasteiger partial charge in [-0.25, -0.2) is 0 Å². The smallest absolute Gasteiger partial charge is 0.418 e. The Bertz CT molecular complexity index is 369. The van der Waals surface area contributed by atoms with Crippen molar-refractivity contribution in [3.05, 3.63) is 24.8 Å². The molecule has 0 rings (SSSR count). The van der Waals surface area contributed by atoms with E-state index >= 15 is 0 Å². The first-order chi connectivity index (χ1) is 13.3. The molecule has 1 radical (unpaired) electrons. The van der Waals surface area contributed by atoms with Crippen LogP contribution < -0.4 is 0 Å². The molecule has 0 saturated carbocycles. The topological polar surface area (TPSA) is 23.8 Å². The van der Waals surface area contributed by atoms with Crippen molar-refractivity contribution in [1.82, 2.24) is 0 Å². The van der Waals surface area contributed by atoms with Crippen molar-refractivity contribution in [2.45, 2.75) is 33.1 Å². The maximum Gasteiger partial charge on any atom is 4.00 e. The van der Waals surface area contributed by atoms with Crippen LogP contribution in [0.5, 0.6) is 0 Å². The van der Waals surface area contributed by atoms with Crippen LogP contribution in [0.3, 0.4) is 0 Å². The molecule has 32 heavy (non-hydrogen) atoms. The summed E-state index contributed by atoms with van der Waals surface area (Å²) in [6.45, 7) is 7.20. The van der Waals surface area contributed by atoms with Gasteiger partial charge in [-0.05, 0) is 19.3 Å².